The summed E-state index contributed by atoms with van der Waals surface area (Å²) < 4.78 is 12.3. The highest BCUT2D eigenvalue weighted by molar-refractivity contribution is 9.09. The van der Waals surface area contributed by atoms with Crippen LogP contribution in [0.2, 0.25) is 0 Å². The summed E-state index contributed by atoms with van der Waals surface area (Å²) in [5.41, 5.74) is -1.25. The minimum Gasteiger partial charge on any atom is -0.460 e. The van der Waals surface area contributed by atoms with Gasteiger partial charge in [-0.3, -0.25) is 19.2 Å². The van der Waals surface area contributed by atoms with Crippen molar-refractivity contribution < 1.29 is 33.8 Å². The summed E-state index contributed by atoms with van der Waals surface area (Å²) in [4.78, 5) is 57.1. The zero-order chi connectivity index (χ0) is 30.6. The fourth-order valence-corrected chi connectivity index (χ4v) is 7.52. The molecule has 2 bridgehead atoms. The fraction of sp³-hybridized carbons (Fsp3) is 0.733. The molecule has 0 aliphatic carbocycles. The molecule has 8 atom stereocenters. The number of fused-ring (bicyclic) bond motifs is 1. The summed E-state index contributed by atoms with van der Waals surface area (Å²) in [6.45, 7) is 16.9. The summed E-state index contributed by atoms with van der Waals surface area (Å²) in [5.74, 6) is -3.17. The second-order valence-corrected chi connectivity index (χ2v) is 13.3. The summed E-state index contributed by atoms with van der Waals surface area (Å²) in [7, 11) is 0. The van der Waals surface area contributed by atoms with Crippen LogP contribution in [0.25, 0.3) is 0 Å². The van der Waals surface area contributed by atoms with Gasteiger partial charge >= 0.3 is 5.97 Å². The van der Waals surface area contributed by atoms with Crippen LogP contribution in [0.5, 0.6) is 0 Å². The number of allylic oxidation sites excluding steroid dienone is 1. The first-order chi connectivity index (χ1) is 19.3. The molecule has 1 unspecified atom stereocenters. The molecule has 0 aromatic rings. The summed E-state index contributed by atoms with van der Waals surface area (Å²) in [6, 6.07) is -1.80. The third kappa shape index (κ3) is 6.57. The average molecular weight is 641 g/mol. The largest absolute Gasteiger partial charge is 0.460 e. The first-order valence-electron chi connectivity index (χ1n) is 14.6. The number of ether oxygens (including phenoxy) is 2. The van der Waals surface area contributed by atoms with Gasteiger partial charge < -0.3 is 29.7 Å². The number of hydrogen-bond acceptors (Lipinski definition) is 7. The number of nitrogens with one attached hydrogen (secondary N) is 1. The van der Waals surface area contributed by atoms with Crippen molar-refractivity contribution in [3.63, 3.8) is 0 Å². The average Bonchev–Trinajstić information content (AvgIpc) is 3.50. The SMILES string of the molecule is C=CCCC(=O)NC[C@H](C)OC(=O)[C@H]1[C@@H]2O[C@@]3(CC2Br)[C@@H]1C(=O)N([C@@H](CO)CC(C)C)[C@@H]3C(=O)N(CC=C)C(C)C. The number of esters is 1. The van der Waals surface area contributed by atoms with Gasteiger partial charge in [0.15, 0.2) is 0 Å². The minimum absolute atomic E-state index is 0.126. The van der Waals surface area contributed by atoms with Gasteiger partial charge in [-0.05, 0) is 46.0 Å². The number of nitrogens with zero attached hydrogens (tertiary/aromatic N) is 2. The maximum absolute atomic E-state index is 14.3. The Hall–Kier alpha value is -2.24. The molecule has 3 aliphatic rings. The Labute approximate surface area is 252 Å². The van der Waals surface area contributed by atoms with Crippen LogP contribution < -0.4 is 5.32 Å². The molecule has 2 N–H and O–H groups in total. The molecule has 3 heterocycles. The number of carbonyl (C=O) groups excluding carboxylic acids is 4. The van der Waals surface area contributed by atoms with Crippen molar-refractivity contribution in [3.05, 3.63) is 25.3 Å². The maximum Gasteiger partial charge on any atom is 0.312 e. The van der Waals surface area contributed by atoms with Crippen molar-refractivity contribution in [2.45, 2.75) is 101 Å². The molecule has 0 radical (unpaired) electrons. The third-order valence-corrected chi connectivity index (χ3v) is 9.14. The lowest BCUT2D eigenvalue weighted by atomic mass is 9.70. The van der Waals surface area contributed by atoms with Crippen molar-refractivity contribution in [1.82, 2.24) is 15.1 Å². The summed E-state index contributed by atoms with van der Waals surface area (Å²) >= 11 is 3.66. The van der Waals surface area contributed by atoms with E-state index in [1.54, 1.807) is 24.0 Å². The Bertz CT molecular complexity index is 1020. The molecule has 11 heteroatoms. The molecule has 3 amide bonds. The van der Waals surface area contributed by atoms with Crippen LogP contribution in [0.4, 0.5) is 0 Å². The van der Waals surface area contributed by atoms with E-state index in [9.17, 15) is 24.3 Å². The van der Waals surface area contributed by atoms with Crippen LogP contribution in [-0.4, -0.2) is 99.1 Å². The van der Waals surface area contributed by atoms with E-state index in [1.807, 2.05) is 27.7 Å². The van der Waals surface area contributed by atoms with Gasteiger partial charge in [0.2, 0.25) is 17.7 Å². The van der Waals surface area contributed by atoms with Crippen LogP contribution in [0.1, 0.15) is 60.3 Å². The summed E-state index contributed by atoms with van der Waals surface area (Å²) in [6.07, 6.45) is 3.68. The molecule has 3 rings (SSSR count). The van der Waals surface area contributed by atoms with Crippen molar-refractivity contribution >= 4 is 39.6 Å². The molecule has 1 spiro atoms. The Morgan fingerprint density at radius 3 is 2.49 bits per heavy atom. The molecule has 0 saturated carbocycles. The van der Waals surface area contributed by atoms with E-state index >= 15 is 0 Å². The number of hydrogen-bond donors (Lipinski definition) is 2. The Kier molecular flexibility index (Phi) is 11.2. The van der Waals surface area contributed by atoms with Crippen LogP contribution >= 0.6 is 15.9 Å². The van der Waals surface area contributed by atoms with Gasteiger partial charge in [-0.25, -0.2) is 0 Å². The van der Waals surface area contributed by atoms with Gasteiger partial charge in [-0.15, -0.1) is 13.2 Å². The maximum atomic E-state index is 14.3. The van der Waals surface area contributed by atoms with E-state index in [4.69, 9.17) is 9.47 Å². The molecule has 0 aromatic heterocycles. The molecule has 3 aliphatic heterocycles. The quantitative estimate of drug-likeness (QED) is 0.160. The zero-order valence-corrected chi connectivity index (χ0v) is 26.5. The van der Waals surface area contributed by atoms with Crippen molar-refractivity contribution in [2.24, 2.45) is 17.8 Å². The molecule has 41 heavy (non-hydrogen) atoms. The van der Waals surface area contributed by atoms with E-state index in [0.717, 1.165) is 0 Å². The first kappa shape index (κ1) is 33.3. The molecule has 3 saturated heterocycles. The highest BCUT2D eigenvalue weighted by Crippen LogP contribution is 2.61. The van der Waals surface area contributed by atoms with Crippen molar-refractivity contribution in [2.75, 3.05) is 19.7 Å². The van der Waals surface area contributed by atoms with Gasteiger partial charge in [-0.1, -0.05) is 41.9 Å². The predicted octanol–water partition coefficient (Wildman–Crippen LogP) is 2.58. The summed E-state index contributed by atoms with van der Waals surface area (Å²) in [5, 5.41) is 13.2. The van der Waals surface area contributed by atoms with Gasteiger partial charge in [0, 0.05) is 23.8 Å². The fourth-order valence-electron chi connectivity index (χ4n) is 6.58. The highest BCUT2D eigenvalue weighted by Gasteiger charge is 2.77. The lowest BCUT2D eigenvalue weighted by Crippen LogP contribution is -2.60. The smallest absolute Gasteiger partial charge is 0.312 e. The topological polar surface area (TPSA) is 125 Å². The predicted molar refractivity (Wildman–Crippen MR) is 158 cm³/mol. The number of rotatable bonds is 15. The van der Waals surface area contributed by atoms with Gasteiger partial charge in [0.25, 0.3) is 0 Å². The first-order valence-corrected chi connectivity index (χ1v) is 15.5. The van der Waals surface area contributed by atoms with Gasteiger partial charge in [0.1, 0.15) is 17.7 Å². The number of alkyl halides is 1. The number of halogens is 1. The highest BCUT2D eigenvalue weighted by atomic mass is 79.9. The Morgan fingerprint density at radius 1 is 1.24 bits per heavy atom. The van der Waals surface area contributed by atoms with E-state index in [1.165, 1.54) is 4.90 Å². The number of aliphatic hydroxyl groups excluding tert-OH is 1. The molecule has 10 nitrogen and oxygen atoms in total. The van der Waals surface area contributed by atoms with E-state index in [0.29, 0.717) is 25.7 Å². The number of aliphatic hydroxyl groups is 1. The van der Waals surface area contributed by atoms with Crippen molar-refractivity contribution in [3.8, 4) is 0 Å². The molecule has 230 valence electrons. The van der Waals surface area contributed by atoms with Crippen LogP contribution in [0, 0.1) is 17.8 Å². The molecular formula is C30H46BrN3O7. The third-order valence-electron chi connectivity index (χ3n) is 8.29. The van der Waals surface area contributed by atoms with Gasteiger partial charge in [0.05, 0.1) is 37.1 Å². The minimum atomic E-state index is -1.25. The Balaban J connectivity index is 1.96. The second-order valence-electron chi connectivity index (χ2n) is 12.1. The van der Waals surface area contributed by atoms with Crippen LogP contribution in [-0.2, 0) is 28.7 Å². The second kappa shape index (κ2) is 13.8. The zero-order valence-electron chi connectivity index (χ0n) is 24.9. The standard InChI is InChI=1S/C30H46BrN3O7/c1-8-10-11-22(36)32-15-19(7)40-29(39)23-24-27(37)34(20(16-35)13-17(3)4)26(28(38)33(12-9-2)18(5)6)30(24)14-21(31)25(23)41-30/h8-9,17-21,23-26,35H,1-2,10-16H2,3-7H3,(H,32,36)/t19-,20+,21?,23+,24-,25+,26+,30-/m0/s1. The number of amides is 3. The molecule has 0 aromatic carbocycles. The molecular weight excluding hydrogens is 594 g/mol. The van der Waals surface area contributed by atoms with Crippen molar-refractivity contribution in [1.29, 1.82) is 0 Å². The number of carbonyl (C=O) groups is 4. The Morgan fingerprint density at radius 2 is 1.93 bits per heavy atom. The molecule has 3 fully saturated rings. The monoisotopic (exact) mass is 639 g/mol. The lowest BCUT2D eigenvalue weighted by molar-refractivity contribution is -0.160. The van der Waals surface area contributed by atoms with Gasteiger partial charge in [-0.2, -0.15) is 0 Å². The van der Waals surface area contributed by atoms with E-state index in [-0.39, 0.29) is 54.2 Å². The lowest BCUT2D eigenvalue weighted by Gasteiger charge is -2.40. The van der Waals surface area contributed by atoms with E-state index < -0.39 is 47.7 Å². The number of likely N-dealkylation sites (tertiary alicyclic amines) is 1. The van der Waals surface area contributed by atoms with Crippen LogP contribution in [0.3, 0.4) is 0 Å². The van der Waals surface area contributed by atoms with E-state index in [2.05, 4.69) is 34.4 Å². The normalized spacial score (nSPS) is 29.8. The van der Waals surface area contributed by atoms with Crippen LogP contribution in [0.15, 0.2) is 25.3 Å².